The predicted octanol–water partition coefficient (Wildman–Crippen LogP) is 2.41. The van der Waals surface area contributed by atoms with Crippen molar-refractivity contribution < 1.29 is 23.1 Å². The van der Waals surface area contributed by atoms with Gasteiger partial charge in [0, 0.05) is 12.1 Å². The first-order chi connectivity index (χ1) is 8.93. The van der Waals surface area contributed by atoms with Gasteiger partial charge in [-0.3, -0.25) is 4.79 Å². The van der Waals surface area contributed by atoms with E-state index in [2.05, 4.69) is 5.32 Å². The number of nitrogens with one attached hydrogen (secondary N) is 1. The van der Waals surface area contributed by atoms with E-state index < -0.39 is 29.6 Å². The minimum absolute atomic E-state index is 0.307. The van der Waals surface area contributed by atoms with Crippen LogP contribution in [0.5, 0.6) is 0 Å². The standard InChI is InChI=1S/C13H13F2NO3/c1-3-4-12(17)19-8(2)13(18)16-11-7-9(14)5-6-10(11)15/h3-8H,1-2H3,(H,16,18)/b4-3+. The highest BCUT2D eigenvalue weighted by atomic mass is 19.1. The first-order valence-corrected chi connectivity index (χ1v) is 5.53. The van der Waals surface area contributed by atoms with Crippen molar-refractivity contribution in [3.8, 4) is 0 Å². The second-order valence-electron chi connectivity index (χ2n) is 3.69. The fourth-order valence-electron chi connectivity index (χ4n) is 1.23. The molecule has 1 atom stereocenters. The van der Waals surface area contributed by atoms with E-state index in [1.807, 2.05) is 0 Å². The third kappa shape index (κ3) is 4.50. The van der Waals surface area contributed by atoms with Gasteiger partial charge in [0.25, 0.3) is 5.91 Å². The Morgan fingerprint density at radius 2 is 2.05 bits per heavy atom. The van der Waals surface area contributed by atoms with E-state index in [0.717, 1.165) is 24.3 Å². The summed E-state index contributed by atoms with van der Waals surface area (Å²) < 4.78 is 30.9. The first-order valence-electron chi connectivity index (χ1n) is 5.53. The predicted molar refractivity (Wildman–Crippen MR) is 65.4 cm³/mol. The van der Waals surface area contributed by atoms with Crippen LogP contribution in [0.25, 0.3) is 0 Å². The molecule has 19 heavy (non-hydrogen) atoms. The topological polar surface area (TPSA) is 55.4 Å². The van der Waals surface area contributed by atoms with Gasteiger partial charge < -0.3 is 10.1 Å². The number of allylic oxidation sites excluding steroid dienone is 1. The third-order valence-electron chi connectivity index (χ3n) is 2.15. The number of esters is 1. The molecule has 0 aliphatic rings. The average molecular weight is 269 g/mol. The number of benzene rings is 1. The summed E-state index contributed by atoms with van der Waals surface area (Å²) >= 11 is 0. The molecule has 1 amide bonds. The molecule has 1 aromatic carbocycles. The molecule has 6 heteroatoms. The van der Waals surface area contributed by atoms with Crippen molar-refractivity contribution in [2.45, 2.75) is 20.0 Å². The monoisotopic (exact) mass is 269 g/mol. The molecule has 0 aliphatic carbocycles. The fraction of sp³-hybridized carbons (Fsp3) is 0.231. The number of carbonyl (C=O) groups excluding carboxylic acids is 2. The Bertz CT molecular complexity index is 515. The van der Waals surface area contributed by atoms with Gasteiger partial charge in [0.2, 0.25) is 0 Å². The molecule has 1 N–H and O–H groups in total. The number of carbonyl (C=O) groups is 2. The summed E-state index contributed by atoms with van der Waals surface area (Å²) in [7, 11) is 0. The molecule has 102 valence electrons. The molecule has 0 aliphatic heterocycles. The van der Waals surface area contributed by atoms with Gasteiger partial charge in [0.15, 0.2) is 6.10 Å². The highest BCUT2D eigenvalue weighted by molar-refractivity contribution is 5.96. The average Bonchev–Trinajstić information content (AvgIpc) is 2.34. The van der Waals surface area contributed by atoms with Crippen molar-refractivity contribution in [1.29, 1.82) is 0 Å². The Hall–Kier alpha value is -2.24. The fourth-order valence-corrected chi connectivity index (χ4v) is 1.23. The van der Waals surface area contributed by atoms with Gasteiger partial charge >= 0.3 is 5.97 Å². The molecule has 0 saturated carbocycles. The van der Waals surface area contributed by atoms with Gasteiger partial charge in [-0.15, -0.1) is 0 Å². The quantitative estimate of drug-likeness (QED) is 0.674. The Morgan fingerprint density at radius 1 is 1.37 bits per heavy atom. The van der Waals surface area contributed by atoms with Crippen molar-refractivity contribution in [2.24, 2.45) is 0 Å². The summed E-state index contributed by atoms with van der Waals surface area (Å²) in [5, 5.41) is 2.14. The van der Waals surface area contributed by atoms with Crippen LogP contribution in [-0.4, -0.2) is 18.0 Å². The Kier molecular flexibility index (Phi) is 5.17. The van der Waals surface area contributed by atoms with Crippen LogP contribution < -0.4 is 5.32 Å². The summed E-state index contributed by atoms with van der Waals surface area (Å²) in [5.74, 6) is -2.90. The lowest BCUT2D eigenvalue weighted by molar-refractivity contribution is -0.148. The van der Waals surface area contributed by atoms with Crippen molar-refractivity contribution in [1.82, 2.24) is 0 Å². The molecule has 0 aromatic heterocycles. The van der Waals surface area contributed by atoms with E-state index in [9.17, 15) is 18.4 Å². The van der Waals surface area contributed by atoms with Gasteiger partial charge in [-0.25, -0.2) is 13.6 Å². The molecule has 0 radical (unpaired) electrons. The maximum Gasteiger partial charge on any atom is 0.331 e. The Morgan fingerprint density at radius 3 is 2.68 bits per heavy atom. The van der Waals surface area contributed by atoms with E-state index >= 15 is 0 Å². The van der Waals surface area contributed by atoms with Crippen LogP contribution in [0.3, 0.4) is 0 Å². The second-order valence-corrected chi connectivity index (χ2v) is 3.69. The highest BCUT2D eigenvalue weighted by Crippen LogP contribution is 2.15. The van der Waals surface area contributed by atoms with Crippen LogP contribution in [0.4, 0.5) is 14.5 Å². The summed E-state index contributed by atoms with van der Waals surface area (Å²) in [6.07, 6.45) is 1.48. The molecular formula is C13H13F2NO3. The van der Waals surface area contributed by atoms with Crippen molar-refractivity contribution in [2.75, 3.05) is 5.32 Å². The molecular weight excluding hydrogens is 256 g/mol. The summed E-state index contributed by atoms with van der Waals surface area (Å²) in [5.41, 5.74) is -0.307. The second kappa shape index (κ2) is 6.63. The van der Waals surface area contributed by atoms with Crippen LogP contribution in [0.15, 0.2) is 30.4 Å². The molecule has 1 aromatic rings. The van der Waals surface area contributed by atoms with Crippen molar-refractivity contribution >= 4 is 17.6 Å². The van der Waals surface area contributed by atoms with E-state index in [1.165, 1.54) is 13.0 Å². The molecule has 1 unspecified atom stereocenters. The number of anilines is 1. The lowest BCUT2D eigenvalue weighted by Gasteiger charge is -2.12. The zero-order valence-corrected chi connectivity index (χ0v) is 10.4. The summed E-state index contributed by atoms with van der Waals surface area (Å²) in [6, 6.07) is 2.66. The lowest BCUT2D eigenvalue weighted by Crippen LogP contribution is -2.29. The maximum atomic E-state index is 13.3. The van der Waals surface area contributed by atoms with Crippen molar-refractivity contribution in [3.63, 3.8) is 0 Å². The van der Waals surface area contributed by atoms with Crippen LogP contribution in [0.2, 0.25) is 0 Å². The molecule has 0 saturated heterocycles. The molecule has 1 rings (SSSR count). The summed E-state index contributed by atoms with van der Waals surface area (Å²) in [4.78, 5) is 22.7. The number of amides is 1. The number of rotatable bonds is 4. The third-order valence-corrected chi connectivity index (χ3v) is 2.15. The number of hydrogen-bond donors (Lipinski definition) is 1. The van der Waals surface area contributed by atoms with E-state index in [1.54, 1.807) is 6.92 Å². The SMILES string of the molecule is C/C=C/C(=O)OC(C)C(=O)Nc1cc(F)ccc1F. The number of hydrogen-bond acceptors (Lipinski definition) is 3. The summed E-state index contributed by atoms with van der Waals surface area (Å²) in [6.45, 7) is 2.95. The van der Waals surface area contributed by atoms with Crippen LogP contribution in [0.1, 0.15) is 13.8 Å². The van der Waals surface area contributed by atoms with Crippen LogP contribution >= 0.6 is 0 Å². The van der Waals surface area contributed by atoms with E-state index in [0.29, 0.717) is 0 Å². The Balaban J connectivity index is 2.68. The van der Waals surface area contributed by atoms with E-state index in [-0.39, 0.29) is 5.69 Å². The van der Waals surface area contributed by atoms with Crippen LogP contribution in [0, 0.1) is 11.6 Å². The van der Waals surface area contributed by atoms with Crippen molar-refractivity contribution in [3.05, 3.63) is 42.0 Å². The van der Waals surface area contributed by atoms with E-state index in [4.69, 9.17) is 4.74 Å². The minimum atomic E-state index is -1.12. The Labute approximate surface area is 109 Å². The van der Waals surface area contributed by atoms with Gasteiger partial charge in [0.1, 0.15) is 11.6 Å². The molecule has 0 bridgehead atoms. The van der Waals surface area contributed by atoms with Gasteiger partial charge in [-0.05, 0) is 26.0 Å². The highest BCUT2D eigenvalue weighted by Gasteiger charge is 2.18. The van der Waals surface area contributed by atoms with Gasteiger partial charge in [-0.2, -0.15) is 0 Å². The largest absolute Gasteiger partial charge is 0.449 e. The zero-order chi connectivity index (χ0) is 14.4. The zero-order valence-electron chi connectivity index (χ0n) is 10.4. The lowest BCUT2D eigenvalue weighted by atomic mass is 10.2. The smallest absolute Gasteiger partial charge is 0.331 e. The molecule has 0 spiro atoms. The minimum Gasteiger partial charge on any atom is -0.449 e. The molecule has 0 heterocycles. The first kappa shape index (κ1) is 14.8. The number of halogens is 2. The number of ether oxygens (including phenoxy) is 1. The van der Waals surface area contributed by atoms with Gasteiger partial charge in [0.05, 0.1) is 5.69 Å². The normalized spacial score (nSPS) is 12.2. The van der Waals surface area contributed by atoms with Gasteiger partial charge in [-0.1, -0.05) is 6.08 Å². The molecule has 4 nitrogen and oxygen atoms in total. The maximum absolute atomic E-state index is 13.3. The van der Waals surface area contributed by atoms with Crippen LogP contribution in [-0.2, 0) is 14.3 Å². The molecule has 0 fully saturated rings.